The van der Waals surface area contributed by atoms with E-state index in [1.165, 1.54) is 60.7 Å². The van der Waals surface area contributed by atoms with Crippen molar-refractivity contribution in [3.05, 3.63) is 185 Å². The van der Waals surface area contributed by atoms with Crippen molar-refractivity contribution >= 4 is 29.8 Å². The normalized spacial score (nSPS) is 12.9. The fraction of sp³-hybridized carbons (Fsp3) is 0.122. The Hall–Kier alpha value is -7.48. The first-order chi connectivity index (χ1) is 26.9. The van der Waals surface area contributed by atoms with Crippen LogP contribution in [0.4, 0.5) is 0 Å². The molecule has 6 rings (SSSR count). The second-order valence-corrected chi connectivity index (χ2v) is 11.7. The maximum Gasteiger partial charge on any atom is 0.338 e. The summed E-state index contributed by atoms with van der Waals surface area (Å²) in [5.41, 5.74) is 0.494. The Bertz CT molecular complexity index is 2170. The van der Waals surface area contributed by atoms with E-state index < -0.39 is 60.9 Å². The molecule has 276 valence electrons. The van der Waals surface area contributed by atoms with Gasteiger partial charge in [-0.2, -0.15) is 5.21 Å². The molecular weight excluding hydrogens is 708 g/mol. The number of ether oxygens (including phenoxy) is 5. The van der Waals surface area contributed by atoms with Gasteiger partial charge in [0.25, 0.3) is 0 Å². The van der Waals surface area contributed by atoms with E-state index in [2.05, 4.69) is 20.6 Å². The van der Waals surface area contributed by atoms with Gasteiger partial charge in [-0.1, -0.05) is 96.2 Å². The van der Waals surface area contributed by atoms with E-state index in [0.717, 1.165) is 0 Å². The number of aromatic nitrogens is 4. The third kappa shape index (κ3) is 9.90. The van der Waals surface area contributed by atoms with Gasteiger partial charge < -0.3 is 23.7 Å². The number of esters is 5. The number of rotatable bonds is 15. The number of tetrazole rings is 1. The van der Waals surface area contributed by atoms with Crippen molar-refractivity contribution in [2.24, 2.45) is 0 Å². The van der Waals surface area contributed by atoms with Crippen molar-refractivity contribution in [2.75, 3.05) is 6.61 Å². The third-order valence-electron chi connectivity index (χ3n) is 8.01. The number of carbonyl (C=O) groups is 5. The van der Waals surface area contributed by atoms with Crippen LogP contribution in [-0.4, -0.2) is 75.4 Å². The first-order valence-corrected chi connectivity index (χ1v) is 16.9. The summed E-state index contributed by atoms with van der Waals surface area (Å²) >= 11 is 0. The lowest BCUT2D eigenvalue weighted by Gasteiger charge is -2.35. The molecule has 0 spiro atoms. The number of benzene rings is 5. The summed E-state index contributed by atoms with van der Waals surface area (Å²) in [5.74, 6) is -4.83. The van der Waals surface area contributed by atoms with Gasteiger partial charge in [-0.05, 0) is 60.7 Å². The predicted molar refractivity (Wildman–Crippen MR) is 192 cm³/mol. The first kappa shape index (κ1) is 37.3. The highest BCUT2D eigenvalue weighted by molar-refractivity contribution is 5.92. The number of nitrogens with zero attached hydrogens (tertiary/aromatic N) is 3. The van der Waals surface area contributed by atoms with Gasteiger partial charge in [0.2, 0.25) is 11.9 Å². The fourth-order valence-electron chi connectivity index (χ4n) is 5.29. The molecular formula is C41H32N4O10. The Morgan fingerprint density at radius 3 is 1.22 bits per heavy atom. The predicted octanol–water partition coefficient (Wildman–Crippen LogP) is 5.63. The highest BCUT2D eigenvalue weighted by Crippen LogP contribution is 2.31. The van der Waals surface area contributed by atoms with E-state index in [9.17, 15) is 24.0 Å². The smallest absolute Gasteiger partial charge is 0.338 e. The number of nitrogens with one attached hydrogen (secondary N) is 1. The minimum Gasteiger partial charge on any atom is -0.458 e. The Labute approximate surface area is 314 Å². The molecule has 55 heavy (non-hydrogen) atoms. The van der Waals surface area contributed by atoms with Crippen molar-refractivity contribution in [1.29, 1.82) is 0 Å². The molecule has 0 radical (unpaired) electrons. The Morgan fingerprint density at radius 2 is 0.818 bits per heavy atom. The van der Waals surface area contributed by atoms with Crippen LogP contribution in [0.15, 0.2) is 152 Å². The summed E-state index contributed by atoms with van der Waals surface area (Å²) in [7, 11) is 0. The largest absolute Gasteiger partial charge is 0.458 e. The molecule has 0 amide bonds. The maximum absolute atomic E-state index is 13.9. The van der Waals surface area contributed by atoms with Gasteiger partial charge in [0, 0.05) is 0 Å². The quantitative estimate of drug-likeness (QED) is 0.101. The maximum atomic E-state index is 13.9. The molecule has 0 fully saturated rings. The molecule has 14 nitrogen and oxygen atoms in total. The summed E-state index contributed by atoms with van der Waals surface area (Å²) < 4.78 is 29.7. The zero-order valence-electron chi connectivity index (χ0n) is 28.9. The lowest BCUT2D eigenvalue weighted by atomic mass is 10.0. The Balaban J connectivity index is 1.48. The van der Waals surface area contributed by atoms with Gasteiger partial charge >= 0.3 is 29.8 Å². The molecule has 4 atom stereocenters. The summed E-state index contributed by atoms with van der Waals surface area (Å²) in [6.45, 7) is -0.732. The van der Waals surface area contributed by atoms with E-state index >= 15 is 0 Å². The van der Waals surface area contributed by atoms with Crippen LogP contribution < -0.4 is 0 Å². The number of aromatic amines is 1. The zero-order valence-corrected chi connectivity index (χ0v) is 28.9. The molecule has 14 heteroatoms. The number of H-pyrrole nitrogens is 1. The zero-order chi connectivity index (χ0) is 38.4. The summed E-state index contributed by atoms with van der Waals surface area (Å²) in [4.78, 5) is 68.5. The van der Waals surface area contributed by atoms with E-state index in [0.29, 0.717) is 0 Å². The van der Waals surface area contributed by atoms with Gasteiger partial charge in [-0.3, -0.25) is 0 Å². The van der Waals surface area contributed by atoms with Gasteiger partial charge in [0.05, 0.1) is 27.8 Å². The molecule has 0 aliphatic heterocycles. The number of hydrogen-bond acceptors (Lipinski definition) is 13. The van der Waals surface area contributed by atoms with E-state index in [4.69, 9.17) is 23.7 Å². The van der Waals surface area contributed by atoms with Gasteiger partial charge in [0.1, 0.15) is 6.61 Å². The van der Waals surface area contributed by atoms with Crippen LogP contribution in [0.3, 0.4) is 0 Å². The Morgan fingerprint density at radius 1 is 0.455 bits per heavy atom. The van der Waals surface area contributed by atoms with Crippen LogP contribution in [0.25, 0.3) is 0 Å². The second kappa shape index (κ2) is 18.3. The molecule has 1 aromatic heterocycles. The van der Waals surface area contributed by atoms with Crippen molar-refractivity contribution < 1.29 is 47.7 Å². The highest BCUT2D eigenvalue weighted by atomic mass is 16.6. The van der Waals surface area contributed by atoms with Crippen molar-refractivity contribution in [3.8, 4) is 0 Å². The van der Waals surface area contributed by atoms with E-state index in [-0.39, 0.29) is 33.6 Å². The molecule has 0 saturated carbocycles. The van der Waals surface area contributed by atoms with Crippen LogP contribution in [0.1, 0.15) is 63.7 Å². The van der Waals surface area contributed by atoms with Crippen LogP contribution in [0.5, 0.6) is 0 Å². The van der Waals surface area contributed by atoms with E-state index in [1.54, 1.807) is 91.0 Å². The summed E-state index contributed by atoms with van der Waals surface area (Å²) in [5, 5.41) is 13.9. The van der Waals surface area contributed by atoms with Crippen molar-refractivity contribution in [3.63, 3.8) is 0 Å². The average molecular weight is 741 g/mol. The molecule has 6 aromatic rings. The minimum absolute atomic E-state index is 0.0624. The SMILES string of the molecule is O=C(OC[C@@H](OC(=O)c1ccccc1)[C@@H](OC(=O)c1ccccc1)[C@H](OC(=O)c1ccccc1)[C@H](OC(=O)c1ccccc1)c1nn[nH]n1)c1ccccc1. The van der Waals surface area contributed by atoms with Gasteiger partial charge in [0.15, 0.2) is 18.3 Å². The summed E-state index contributed by atoms with van der Waals surface area (Å²) in [6.07, 6.45) is -7.24. The molecule has 0 unspecified atom stereocenters. The second-order valence-electron chi connectivity index (χ2n) is 11.7. The first-order valence-electron chi connectivity index (χ1n) is 16.9. The minimum atomic E-state index is -1.88. The lowest BCUT2D eigenvalue weighted by molar-refractivity contribution is -0.134. The molecule has 0 saturated heterocycles. The Kier molecular flexibility index (Phi) is 12.4. The molecule has 0 aliphatic carbocycles. The van der Waals surface area contributed by atoms with E-state index in [1.807, 2.05) is 0 Å². The van der Waals surface area contributed by atoms with Crippen molar-refractivity contribution in [1.82, 2.24) is 20.6 Å². The van der Waals surface area contributed by atoms with Gasteiger partial charge in [-0.25, -0.2) is 24.0 Å². The molecule has 0 aliphatic rings. The van der Waals surface area contributed by atoms with Crippen LogP contribution in [0, 0.1) is 0 Å². The third-order valence-corrected chi connectivity index (χ3v) is 8.01. The average Bonchev–Trinajstić information content (AvgIpc) is 3.79. The molecule has 5 aromatic carbocycles. The number of hydrogen-bond donors (Lipinski definition) is 1. The number of carbonyl (C=O) groups excluding carboxylic acids is 5. The van der Waals surface area contributed by atoms with Gasteiger partial charge in [-0.15, -0.1) is 10.2 Å². The monoisotopic (exact) mass is 740 g/mol. The standard InChI is InChI=1S/C41H32N4O10/c46-37(27-16-6-1-7-17-27)51-26-32(52-38(47)28-18-8-2-9-19-28)33(53-39(48)29-20-10-3-11-21-29)34(54-40(49)30-22-12-4-13-23-30)35(36-42-44-45-43-36)55-41(50)31-24-14-5-15-25-31/h1-25,32-35H,26H2,(H,42,43,44,45)/t32-,33-,34+,35+/m1/s1. The molecule has 1 heterocycles. The van der Waals surface area contributed by atoms with Crippen LogP contribution >= 0.6 is 0 Å². The summed E-state index contributed by atoms with van der Waals surface area (Å²) in [6, 6.07) is 39.4. The van der Waals surface area contributed by atoms with Crippen LogP contribution in [0.2, 0.25) is 0 Å². The highest BCUT2D eigenvalue weighted by Gasteiger charge is 2.48. The lowest BCUT2D eigenvalue weighted by Crippen LogP contribution is -2.51. The fourth-order valence-corrected chi connectivity index (χ4v) is 5.29. The molecule has 1 N–H and O–H groups in total. The topological polar surface area (TPSA) is 186 Å². The van der Waals surface area contributed by atoms with Crippen molar-refractivity contribution in [2.45, 2.75) is 24.4 Å². The van der Waals surface area contributed by atoms with Crippen LogP contribution in [-0.2, 0) is 23.7 Å². The molecule has 0 bridgehead atoms.